The molecule has 0 amide bonds. The molecule has 1 aromatic heterocycles. The Balaban J connectivity index is 1.93. The third kappa shape index (κ3) is 3.11. The molecule has 1 aliphatic rings. The maximum atomic E-state index is 4.37. The van der Waals surface area contributed by atoms with Crippen molar-refractivity contribution in [1.29, 1.82) is 0 Å². The molecular formula is C14H23N3. The molecule has 0 saturated heterocycles. The summed E-state index contributed by atoms with van der Waals surface area (Å²) in [6, 6.07) is 0.578. The zero-order chi connectivity index (χ0) is 12.3. The molecule has 0 unspecified atom stereocenters. The van der Waals surface area contributed by atoms with E-state index in [1.165, 1.54) is 25.7 Å². The van der Waals surface area contributed by atoms with Gasteiger partial charge in [-0.3, -0.25) is 0 Å². The zero-order valence-electron chi connectivity index (χ0n) is 10.9. The van der Waals surface area contributed by atoms with Crippen molar-refractivity contribution in [2.24, 2.45) is 5.41 Å². The van der Waals surface area contributed by atoms with Gasteiger partial charge in [-0.1, -0.05) is 19.9 Å². The summed E-state index contributed by atoms with van der Waals surface area (Å²) in [6.07, 6.45) is 10.8. The second-order valence-electron chi connectivity index (χ2n) is 5.77. The summed E-state index contributed by atoms with van der Waals surface area (Å²) in [5.41, 5.74) is 0.523. The fourth-order valence-electron chi connectivity index (χ4n) is 2.46. The SMILES string of the molecule is C=CCn1ccnc1NC1CCC(C)(C)CC1. The van der Waals surface area contributed by atoms with Gasteiger partial charge in [0.2, 0.25) is 5.95 Å². The molecular weight excluding hydrogens is 210 g/mol. The average molecular weight is 233 g/mol. The summed E-state index contributed by atoms with van der Waals surface area (Å²) in [5.74, 6) is 0.981. The van der Waals surface area contributed by atoms with Crippen LogP contribution in [0.25, 0.3) is 0 Å². The molecule has 1 aliphatic carbocycles. The number of aromatic nitrogens is 2. The summed E-state index contributed by atoms with van der Waals surface area (Å²) in [5, 5.41) is 3.56. The Bertz CT molecular complexity index is 369. The Morgan fingerprint density at radius 3 is 2.88 bits per heavy atom. The van der Waals surface area contributed by atoms with Crippen LogP contribution in [0.5, 0.6) is 0 Å². The molecule has 1 aromatic rings. The van der Waals surface area contributed by atoms with E-state index in [-0.39, 0.29) is 0 Å². The third-order valence-corrected chi connectivity index (χ3v) is 3.71. The van der Waals surface area contributed by atoms with Crippen LogP contribution in [-0.2, 0) is 6.54 Å². The molecule has 1 saturated carbocycles. The molecule has 0 spiro atoms. The minimum Gasteiger partial charge on any atom is -0.353 e. The lowest BCUT2D eigenvalue weighted by Crippen LogP contribution is -2.30. The number of hydrogen-bond donors (Lipinski definition) is 1. The van der Waals surface area contributed by atoms with Crippen LogP contribution in [0, 0.1) is 5.41 Å². The van der Waals surface area contributed by atoms with Gasteiger partial charge in [0.1, 0.15) is 0 Å². The van der Waals surface area contributed by atoms with E-state index in [9.17, 15) is 0 Å². The summed E-state index contributed by atoms with van der Waals surface area (Å²) in [6.45, 7) is 9.31. The first-order valence-corrected chi connectivity index (χ1v) is 6.49. The van der Waals surface area contributed by atoms with E-state index >= 15 is 0 Å². The summed E-state index contributed by atoms with van der Waals surface area (Å²) >= 11 is 0. The maximum Gasteiger partial charge on any atom is 0.203 e. The topological polar surface area (TPSA) is 29.9 Å². The van der Waals surface area contributed by atoms with Crippen molar-refractivity contribution in [1.82, 2.24) is 9.55 Å². The van der Waals surface area contributed by atoms with Crippen LogP contribution >= 0.6 is 0 Å². The number of rotatable bonds is 4. The van der Waals surface area contributed by atoms with Gasteiger partial charge in [0.05, 0.1) is 0 Å². The average Bonchev–Trinajstić information content (AvgIpc) is 2.70. The van der Waals surface area contributed by atoms with Crippen molar-refractivity contribution < 1.29 is 0 Å². The van der Waals surface area contributed by atoms with E-state index < -0.39 is 0 Å². The van der Waals surface area contributed by atoms with Gasteiger partial charge >= 0.3 is 0 Å². The van der Waals surface area contributed by atoms with Crippen molar-refractivity contribution in [3.63, 3.8) is 0 Å². The van der Waals surface area contributed by atoms with Crippen molar-refractivity contribution in [2.75, 3.05) is 5.32 Å². The van der Waals surface area contributed by atoms with E-state index in [1.807, 2.05) is 18.5 Å². The van der Waals surface area contributed by atoms with Crippen LogP contribution in [0.1, 0.15) is 39.5 Å². The molecule has 2 rings (SSSR count). The van der Waals surface area contributed by atoms with Crippen LogP contribution in [-0.4, -0.2) is 15.6 Å². The summed E-state index contributed by atoms with van der Waals surface area (Å²) in [4.78, 5) is 4.37. The Kier molecular flexibility index (Phi) is 3.55. The predicted molar refractivity (Wildman–Crippen MR) is 72.1 cm³/mol. The molecule has 94 valence electrons. The molecule has 3 nitrogen and oxygen atoms in total. The highest BCUT2D eigenvalue weighted by atomic mass is 15.2. The van der Waals surface area contributed by atoms with Crippen molar-refractivity contribution in [3.8, 4) is 0 Å². The lowest BCUT2D eigenvalue weighted by atomic mass is 9.76. The Labute approximate surface area is 104 Å². The van der Waals surface area contributed by atoms with Gasteiger partial charge in [-0.2, -0.15) is 0 Å². The zero-order valence-corrected chi connectivity index (χ0v) is 10.9. The highest BCUT2D eigenvalue weighted by Gasteiger charge is 2.27. The molecule has 1 heterocycles. The van der Waals surface area contributed by atoms with Crippen LogP contribution in [0.4, 0.5) is 5.95 Å². The van der Waals surface area contributed by atoms with E-state index in [0.717, 1.165) is 12.5 Å². The smallest absolute Gasteiger partial charge is 0.203 e. The van der Waals surface area contributed by atoms with E-state index in [0.29, 0.717) is 11.5 Å². The quantitative estimate of drug-likeness (QED) is 0.807. The molecule has 1 N–H and O–H groups in total. The number of nitrogens with one attached hydrogen (secondary N) is 1. The van der Waals surface area contributed by atoms with Crippen molar-refractivity contribution in [3.05, 3.63) is 25.0 Å². The highest BCUT2D eigenvalue weighted by molar-refractivity contribution is 5.28. The number of anilines is 1. The number of hydrogen-bond acceptors (Lipinski definition) is 2. The van der Waals surface area contributed by atoms with Crippen LogP contribution in [0.2, 0.25) is 0 Å². The first kappa shape index (κ1) is 12.2. The van der Waals surface area contributed by atoms with Crippen LogP contribution < -0.4 is 5.32 Å². The number of imidazole rings is 1. The fourth-order valence-corrected chi connectivity index (χ4v) is 2.46. The second kappa shape index (κ2) is 4.94. The van der Waals surface area contributed by atoms with Gasteiger partial charge in [-0.25, -0.2) is 4.98 Å². The number of nitrogens with zero attached hydrogens (tertiary/aromatic N) is 2. The minimum atomic E-state index is 0.523. The second-order valence-corrected chi connectivity index (χ2v) is 5.77. The Morgan fingerprint density at radius 1 is 1.53 bits per heavy atom. The van der Waals surface area contributed by atoms with Gasteiger partial charge in [0.25, 0.3) is 0 Å². The van der Waals surface area contributed by atoms with Gasteiger partial charge in [0.15, 0.2) is 0 Å². The first-order chi connectivity index (χ1) is 8.11. The van der Waals surface area contributed by atoms with E-state index in [2.05, 4.69) is 35.3 Å². The molecule has 17 heavy (non-hydrogen) atoms. The maximum absolute atomic E-state index is 4.37. The molecule has 1 fully saturated rings. The largest absolute Gasteiger partial charge is 0.353 e. The van der Waals surface area contributed by atoms with Gasteiger partial charge < -0.3 is 9.88 Å². The lowest BCUT2D eigenvalue weighted by Gasteiger charge is -2.34. The van der Waals surface area contributed by atoms with E-state index in [4.69, 9.17) is 0 Å². The highest BCUT2D eigenvalue weighted by Crippen LogP contribution is 2.35. The van der Waals surface area contributed by atoms with Gasteiger partial charge in [-0.05, 0) is 31.1 Å². The summed E-state index contributed by atoms with van der Waals surface area (Å²) < 4.78 is 2.10. The Hall–Kier alpha value is -1.25. The van der Waals surface area contributed by atoms with Crippen molar-refractivity contribution in [2.45, 2.75) is 52.1 Å². The van der Waals surface area contributed by atoms with Crippen molar-refractivity contribution >= 4 is 5.95 Å². The normalized spacial score (nSPS) is 20.1. The number of allylic oxidation sites excluding steroid dienone is 1. The first-order valence-electron chi connectivity index (χ1n) is 6.49. The molecule has 0 bridgehead atoms. The summed E-state index contributed by atoms with van der Waals surface area (Å²) in [7, 11) is 0. The monoisotopic (exact) mass is 233 g/mol. The molecule has 0 aliphatic heterocycles. The van der Waals surface area contributed by atoms with Crippen LogP contribution in [0.3, 0.4) is 0 Å². The lowest BCUT2D eigenvalue weighted by molar-refractivity contribution is 0.232. The molecule has 0 radical (unpaired) electrons. The minimum absolute atomic E-state index is 0.523. The molecule has 0 atom stereocenters. The van der Waals surface area contributed by atoms with Gasteiger partial charge in [0, 0.05) is 25.0 Å². The third-order valence-electron chi connectivity index (χ3n) is 3.71. The molecule has 3 heteroatoms. The molecule has 0 aromatic carbocycles. The predicted octanol–water partition coefficient (Wildman–Crippen LogP) is 3.45. The van der Waals surface area contributed by atoms with Gasteiger partial charge in [-0.15, -0.1) is 6.58 Å². The fraction of sp³-hybridized carbons (Fsp3) is 0.643. The standard InChI is InChI=1S/C14H23N3/c1-4-10-17-11-9-15-13(17)16-12-5-7-14(2,3)8-6-12/h4,9,11-12H,1,5-8,10H2,2-3H3,(H,15,16). The Morgan fingerprint density at radius 2 is 2.24 bits per heavy atom. The van der Waals surface area contributed by atoms with Crippen LogP contribution in [0.15, 0.2) is 25.0 Å². The van der Waals surface area contributed by atoms with E-state index in [1.54, 1.807) is 0 Å².